The fraction of sp³-hybridized carbons (Fsp3) is 0.440. The number of hydrogen-bond acceptors (Lipinski definition) is 1. The summed E-state index contributed by atoms with van der Waals surface area (Å²) in [5.74, 6) is 0.480. The Labute approximate surface area is 161 Å². The summed E-state index contributed by atoms with van der Waals surface area (Å²) < 4.78 is 0. The Morgan fingerprint density at radius 3 is 2.04 bits per heavy atom. The monoisotopic (exact) mass is 351 g/mol. The van der Waals surface area contributed by atoms with Gasteiger partial charge in [0, 0.05) is 16.8 Å². The minimum atomic E-state index is -0.0387. The summed E-state index contributed by atoms with van der Waals surface area (Å²) in [7, 11) is 0. The normalized spacial score (nSPS) is 16.2. The third-order valence-corrected chi connectivity index (χ3v) is 5.65. The lowest BCUT2D eigenvalue weighted by atomic mass is 9.63. The molecule has 0 amide bonds. The first-order valence-electron chi connectivity index (χ1n) is 9.43. The van der Waals surface area contributed by atoms with Crippen molar-refractivity contribution in [2.24, 2.45) is 16.7 Å². The van der Waals surface area contributed by atoms with Gasteiger partial charge in [-0.2, -0.15) is 0 Å². The summed E-state index contributed by atoms with van der Waals surface area (Å²) in [4.78, 5) is 0. The molecule has 1 rings (SSSR count). The van der Waals surface area contributed by atoms with Gasteiger partial charge in [0.2, 0.25) is 0 Å². The number of rotatable bonds is 7. The van der Waals surface area contributed by atoms with Gasteiger partial charge < -0.3 is 5.32 Å². The predicted molar refractivity (Wildman–Crippen MR) is 118 cm³/mol. The maximum atomic E-state index is 4.25. The Morgan fingerprint density at radius 2 is 1.58 bits per heavy atom. The molecule has 0 bridgehead atoms. The molecule has 0 radical (unpaired) electrons. The highest BCUT2D eigenvalue weighted by Crippen LogP contribution is 2.45. The van der Waals surface area contributed by atoms with Gasteiger partial charge in [0.15, 0.2) is 0 Å². The number of aryl methyl sites for hydroxylation is 1. The van der Waals surface area contributed by atoms with Crippen LogP contribution in [0.15, 0.2) is 66.9 Å². The third-order valence-electron chi connectivity index (χ3n) is 5.65. The van der Waals surface area contributed by atoms with Gasteiger partial charge in [-0.25, -0.2) is 0 Å². The van der Waals surface area contributed by atoms with Gasteiger partial charge in [-0.1, -0.05) is 95.3 Å². The van der Waals surface area contributed by atoms with Crippen molar-refractivity contribution in [2.75, 3.05) is 0 Å². The molecule has 2 atom stereocenters. The van der Waals surface area contributed by atoms with Crippen molar-refractivity contribution in [2.45, 2.75) is 55.4 Å². The van der Waals surface area contributed by atoms with E-state index in [1.54, 1.807) is 0 Å². The SMILES string of the molecule is C=C(N/C(C)=C/C=C/C(C)(C(=C)C)C(C)C(C)(C)C)c1ccc(C)cc1. The highest BCUT2D eigenvalue weighted by Gasteiger charge is 2.36. The van der Waals surface area contributed by atoms with Gasteiger partial charge >= 0.3 is 0 Å². The summed E-state index contributed by atoms with van der Waals surface area (Å²) in [6.07, 6.45) is 6.53. The highest BCUT2D eigenvalue weighted by molar-refractivity contribution is 5.63. The fourth-order valence-electron chi connectivity index (χ4n) is 3.05. The van der Waals surface area contributed by atoms with Crippen LogP contribution in [0.25, 0.3) is 5.70 Å². The van der Waals surface area contributed by atoms with Gasteiger partial charge in [0.25, 0.3) is 0 Å². The van der Waals surface area contributed by atoms with E-state index in [2.05, 4.69) is 116 Å². The Kier molecular flexibility index (Phi) is 7.26. The largest absolute Gasteiger partial charge is 0.359 e. The smallest absolute Gasteiger partial charge is 0.0382 e. The molecular weight excluding hydrogens is 314 g/mol. The molecule has 0 fully saturated rings. The van der Waals surface area contributed by atoms with Gasteiger partial charge in [-0.15, -0.1) is 0 Å². The van der Waals surface area contributed by atoms with Gasteiger partial charge in [-0.05, 0) is 43.7 Å². The van der Waals surface area contributed by atoms with Crippen molar-refractivity contribution in [3.8, 4) is 0 Å². The van der Waals surface area contributed by atoms with Crippen LogP contribution in [0.3, 0.4) is 0 Å². The lowest BCUT2D eigenvalue weighted by Gasteiger charge is -2.42. The molecule has 0 aromatic heterocycles. The summed E-state index contributed by atoms with van der Waals surface area (Å²) in [6.45, 7) is 26.2. The van der Waals surface area contributed by atoms with Crippen LogP contribution in [-0.2, 0) is 0 Å². The van der Waals surface area contributed by atoms with E-state index >= 15 is 0 Å². The van der Waals surface area contributed by atoms with E-state index in [9.17, 15) is 0 Å². The Hall–Kier alpha value is -2.02. The average molecular weight is 352 g/mol. The van der Waals surface area contributed by atoms with E-state index in [1.165, 1.54) is 11.1 Å². The van der Waals surface area contributed by atoms with Crippen LogP contribution >= 0.6 is 0 Å². The number of benzene rings is 1. The Balaban J connectivity index is 2.89. The first-order valence-corrected chi connectivity index (χ1v) is 9.43. The summed E-state index contributed by atoms with van der Waals surface area (Å²) >= 11 is 0. The molecule has 1 nitrogen and oxygen atoms in total. The molecule has 0 aliphatic rings. The molecule has 1 heteroatoms. The van der Waals surface area contributed by atoms with Crippen molar-refractivity contribution < 1.29 is 0 Å². The van der Waals surface area contributed by atoms with Crippen molar-refractivity contribution >= 4 is 5.70 Å². The zero-order valence-corrected chi connectivity index (χ0v) is 18.0. The predicted octanol–water partition coefficient (Wildman–Crippen LogP) is 7.28. The van der Waals surface area contributed by atoms with Crippen LogP contribution in [0.2, 0.25) is 0 Å². The van der Waals surface area contributed by atoms with Crippen molar-refractivity contribution in [1.82, 2.24) is 5.32 Å². The van der Waals surface area contributed by atoms with Crippen LogP contribution in [0.5, 0.6) is 0 Å². The molecule has 26 heavy (non-hydrogen) atoms. The number of nitrogens with one attached hydrogen (secondary N) is 1. The molecule has 0 heterocycles. The fourth-order valence-corrected chi connectivity index (χ4v) is 3.05. The maximum Gasteiger partial charge on any atom is 0.0382 e. The Bertz CT molecular complexity index is 695. The molecule has 0 saturated carbocycles. The molecule has 142 valence electrons. The van der Waals surface area contributed by atoms with E-state index < -0.39 is 0 Å². The van der Waals surface area contributed by atoms with Crippen LogP contribution in [0.4, 0.5) is 0 Å². The molecular formula is C25H37N. The van der Waals surface area contributed by atoms with E-state index in [4.69, 9.17) is 0 Å². The second-order valence-corrected chi connectivity index (χ2v) is 8.83. The summed E-state index contributed by atoms with van der Waals surface area (Å²) in [6, 6.07) is 8.40. The molecule has 1 aromatic rings. The van der Waals surface area contributed by atoms with Crippen molar-refractivity contribution in [1.29, 1.82) is 0 Å². The average Bonchev–Trinajstić information content (AvgIpc) is 2.53. The topological polar surface area (TPSA) is 12.0 Å². The van der Waals surface area contributed by atoms with Gasteiger partial charge in [-0.3, -0.25) is 0 Å². The molecule has 0 aliphatic carbocycles. The highest BCUT2D eigenvalue weighted by atomic mass is 14.9. The van der Waals surface area contributed by atoms with Gasteiger partial charge in [0.1, 0.15) is 0 Å². The third kappa shape index (κ3) is 5.76. The van der Waals surface area contributed by atoms with Crippen molar-refractivity contribution in [3.05, 3.63) is 78.0 Å². The van der Waals surface area contributed by atoms with Gasteiger partial charge in [0.05, 0.1) is 0 Å². The second kappa shape index (κ2) is 8.58. The first-order chi connectivity index (χ1) is 11.9. The van der Waals surface area contributed by atoms with Crippen LogP contribution in [0, 0.1) is 23.7 Å². The minimum absolute atomic E-state index is 0.0387. The van der Waals surface area contributed by atoms with Crippen LogP contribution in [-0.4, -0.2) is 0 Å². The molecule has 0 aliphatic heterocycles. The van der Waals surface area contributed by atoms with Crippen LogP contribution in [0.1, 0.15) is 59.6 Å². The molecule has 1 aromatic carbocycles. The van der Waals surface area contributed by atoms with E-state index in [1.807, 2.05) is 0 Å². The van der Waals surface area contributed by atoms with E-state index in [-0.39, 0.29) is 10.8 Å². The maximum absolute atomic E-state index is 4.25. The summed E-state index contributed by atoms with van der Waals surface area (Å²) in [5.41, 5.74) is 5.72. The molecule has 1 N–H and O–H groups in total. The van der Waals surface area contributed by atoms with Crippen LogP contribution < -0.4 is 5.32 Å². The number of hydrogen-bond donors (Lipinski definition) is 1. The zero-order valence-electron chi connectivity index (χ0n) is 18.0. The molecule has 2 unspecified atom stereocenters. The van der Waals surface area contributed by atoms with E-state index in [0.717, 1.165) is 17.0 Å². The lowest BCUT2D eigenvalue weighted by molar-refractivity contribution is 0.158. The molecule has 0 spiro atoms. The molecule has 0 saturated heterocycles. The number of allylic oxidation sites excluding steroid dienone is 5. The Morgan fingerprint density at radius 1 is 1.04 bits per heavy atom. The minimum Gasteiger partial charge on any atom is -0.359 e. The quantitative estimate of drug-likeness (QED) is 0.402. The van der Waals surface area contributed by atoms with E-state index in [0.29, 0.717) is 5.92 Å². The summed E-state index contributed by atoms with van der Waals surface area (Å²) in [5, 5.41) is 3.38. The lowest BCUT2D eigenvalue weighted by Crippen LogP contribution is -2.33. The van der Waals surface area contributed by atoms with Crippen molar-refractivity contribution in [3.63, 3.8) is 0 Å². The second-order valence-electron chi connectivity index (χ2n) is 8.83. The standard InChI is InChI=1S/C25H37N/c1-18(2)25(10,22(6)24(7,8)9)17-11-12-20(4)26-21(5)23-15-13-19(3)14-16-23/h11-17,22,26H,1,5H2,2-4,6-10H3/b17-11+,20-12+. The zero-order chi connectivity index (χ0) is 20.1. The first kappa shape index (κ1) is 22.0.